The van der Waals surface area contributed by atoms with E-state index in [4.69, 9.17) is 14.5 Å². The lowest BCUT2D eigenvalue weighted by Gasteiger charge is -2.12. The predicted octanol–water partition coefficient (Wildman–Crippen LogP) is 7.00. The first-order valence-corrected chi connectivity index (χ1v) is 11.8. The van der Waals surface area contributed by atoms with Crippen LogP contribution < -0.4 is 4.74 Å². The van der Waals surface area contributed by atoms with Crippen molar-refractivity contribution in [3.8, 4) is 17.0 Å². The minimum Gasteiger partial charge on any atom is -0.497 e. The molecule has 5 heteroatoms. The van der Waals surface area contributed by atoms with Gasteiger partial charge in [0.15, 0.2) is 0 Å². The molecule has 0 N–H and O–H groups in total. The Labute approximate surface area is 198 Å². The van der Waals surface area contributed by atoms with Gasteiger partial charge in [0.2, 0.25) is 0 Å². The second kappa shape index (κ2) is 9.18. The van der Waals surface area contributed by atoms with E-state index in [0.717, 1.165) is 52.5 Å². The Morgan fingerprint density at radius 1 is 0.941 bits per heavy atom. The van der Waals surface area contributed by atoms with Crippen LogP contribution in [0.2, 0.25) is 0 Å². The molecular formula is C29H28N2O3. The van der Waals surface area contributed by atoms with Crippen molar-refractivity contribution in [3.63, 3.8) is 0 Å². The van der Waals surface area contributed by atoms with Crippen LogP contribution in [0.1, 0.15) is 37.0 Å². The van der Waals surface area contributed by atoms with Crippen molar-refractivity contribution in [1.82, 2.24) is 9.55 Å². The Kier molecular flexibility index (Phi) is 5.93. The minimum atomic E-state index is -0.343. The zero-order valence-corrected chi connectivity index (χ0v) is 19.8. The number of nitrogens with zero attached hydrogens (tertiary/aromatic N) is 2. The van der Waals surface area contributed by atoms with Gasteiger partial charge in [0, 0.05) is 39.3 Å². The summed E-state index contributed by atoms with van der Waals surface area (Å²) in [4.78, 5) is 18.1. The molecule has 5 rings (SSSR count). The zero-order valence-electron chi connectivity index (χ0n) is 19.8. The van der Waals surface area contributed by atoms with Crippen molar-refractivity contribution in [2.75, 3.05) is 13.7 Å². The molecule has 0 spiro atoms. The fourth-order valence-electron chi connectivity index (χ4n) is 4.57. The number of pyridine rings is 1. The van der Waals surface area contributed by atoms with Gasteiger partial charge in [-0.2, -0.15) is 0 Å². The molecule has 0 unspecified atom stereocenters. The number of esters is 1. The number of methoxy groups -OCH3 is 1. The van der Waals surface area contributed by atoms with Gasteiger partial charge >= 0.3 is 5.97 Å². The fourth-order valence-corrected chi connectivity index (χ4v) is 4.57. The van der Waals surface area contributed by atoms with Gasteiger partial charge in [-0.25, -0.2) is 9.78 Å². The molecule has 34 heavy (non-hydrogen) atoms. The molecule has 0 radical (unpaired) electrons. The molecule has 0 aliphatic rings. The number of aromatic nitrogens is 2. The number of carbonyl (C=O) groups is 1. The smallest absolute Gasteiger partial charge is 0.340 e. The molecule has 0 saturated carbocycles. The summed E-state index contributed by atoms with van der Waals surface area (Å²) < 4.78 is 13.2. The van der Waals surface area contributed by atoms with E-state index in [-0.39, 0.29) is 5.97 Å². The van der Waals surface area contributed by atoms with Gasteiger partial charge in [0.25, 0.3) is 0 Å². The second-order valence-electron chi connectivity index (χ2n) is 8.43. The lowest BCUT2D eigenvalue weighted by atomic mass is 10.0. The van der Waals surface area contributed by atoms with Crippen molar-refractivity contribution >= 4 is 38.7 Å². The molecule has 0 atom stereocenters. The Hall–Kier alpha value is -3.86. The van der Waals surface area contributed by atoms with Crippen molar-refractivity contribution in [1.29, 1.82) is 0 Å². The lowest BCUT2D eigenvalue weighted by Crippen LogP contribution is -2.09. The summed E-state index contributed by atoms with van der Waals surface area (Å²) in [6.45, 7) is 5.49. The highest BCUT2D eigenvalue weighted by molar-refractivity contribution is 6.13. The summed E-state index contributed by atoms with van der Waals surface area (Å²) in [5.41, 5.74) is 5.14. The maximum absolute atomic E-state index is 13.1. The number of ether oxygens (including phenoxy) is 2. The molecule has 0 aliphatic heterocycles. The number of aryl methyl sites for hydroxylation is 1. The summed E-state index contributed by atoms with van der Waals surface area (Å²) in [5.74, 6) is 0.412. The molecule has 0 amide bonds. The number of para-hydroxylation sites is 1. The van der Waals surface area contributed by atoms with Crippen LogP contribution in [-0.4, -0.2) is 29.2 Å². The monoisotopic (exact) mass is 452 g/mol. The molecule has 2 aromatic heterocycles. The topological polar surface area (TPSA) is 53.4 Å². The number of unbranched alkanes of at least 4 members (excludes halogenated alkanes) is 1. The Balaban J connectivity index is 1.74. The first-order chi connectivity index (χ1) is 16.6. The van der Waals surface area contributed by atoms with Crippen LogP contribution in [0, 0.1) is 0 Å². The number of benzene rings is 3. The first kappa shape index (κ1) is 22.0. The predicted molar refractivity (Wildman–Crippen MR) is 138 cm³/mol. The van der Waals surface area contributed by atoms with E-state index < -0.39 is 0 Å². The molecule has 172 valence electrons. The molecule has 0 bridgehead atoms. The standard InChI is InChI=1S/C29H28N2O3/c1-4-6-15-34-29(32)24-16-20-17-27-23(22-9-7-8-10-26(22)31(27)5-2)18-25(20)30-28(24)19-11-13-21(33-3)14-12-19/h7-14,16-18H,4-6,15H2,1-3H3. The van der Waals surface area contributed by atoms with E-state index in [1.165, 1.54) is 10.9 Å². The van der Waals surface area contributed by atoms with Crippen LogP contribution in [0.25, 0.3) is 44.0 Å². The maximum atomic E-state index is 13.1. The van der Waals surface area contributed by atoms with Crippen LogP contribution in [0.15, 0.2) is 66.7 Å². The van der Waals surface area contributed by atoms with E-state index in [1.54, 1.807) is 7.11 Å². The number of hydrogen-bond donors (Lipinski definition) is 0. The Morgan fingerprint density at radius 3 is 2.47 bits per heavy atom. The van der Waals surface area contributed by atoms with Gasteiger partial charge in [-0.15, -0.1) is 0 Å². The average molecular weight is 453 g/mol. The number of hydrogen-bond acceptors (Lipinski definition) is 4. The molecule has 0 aliphatic carbocycles. The van der Waals surface area contributed by atoms with Crippen LogP contribution >= 0.6 is 0 Å². The molecule has 5 aromatic rings. The van der Waals surface area contributed by atoms with Crippen LogP contribution in [0.4, 0.5) is 0 Å². The first-order valence-electron chi connectivity index (χ1n) is 11.8. The van der Waals surface area contributed by atoms with Crippen molar-refractivity contribution in [2.24, 2.45) is 0 Å². The molecule has 3 aromatic carbocycles. The second-order valence-corrected chi connectivity index (χ2v) is 8.43. The third kappa shape index (κ3) is 3.77. The van der Waals surface area contributed by atoms with Crippen LogP contribution in [0.5, 0.6) is 5.75 Å². The van der Waals surface area contributed by atoms with Gasteiger partial charge in [-0.3, -0.25) is 0 Å². The summed E-state index contributed by atoms with van der Waals surface area (Å²) in [6, 6.07) is 22.3. The fraction of sp³-hybridized carbons (Fsp3) is 0.241. The van der Waals surface area contributed by atoms with Crippen molar-refractivity contribution in [3.05, 3.63) is 72.3 Å². The van der Waals surface area contributed by atoms with Gasteiger partial charge in [0.1, 0.15) is 5.75 Å². The van der Waals surface area contributed by atoms with E-state index >= 15 is 0 Å². The molecule has 0 saturated heterocycles. The van der Waals surface area contributed by atoms with E-state index in [2.05, 4.69) is 54.8 Å². The van der Waals surface area contributed by atoms with E-state index in [1.807, 2.05) is 30.3 Å². The largest absolute Gasteiger partial charge is 0.497 e. The third-order valence-electron chi connectivity index (χ3n) is 6.34. The van der Waals surface area contributed by atoms with Gasteiger partial charge in [-0.05, 0) is 61.9 Å². The van der Waals surface area contributed by atoms with Crippen molar-refractivity contribution < 1.29 is 14.3 Å². The van der Waals surface area contributed by atoms with Crippen LogP contribution in [-0.2, 0) is 11.3 Å². The van der Waals surface area contributed by atoms with Gasteiger partial charge in [-0.1, -0.05) is 31.5 Å². The van der Waals surface area contributed by atoms with E-state index in [9.17, 15) is 4.79 Å². The highest BCUT2D eigenvalue weighted by Crippen LogP contribution is 2.34. The highest BCUT2D eigenvalue weighted by Gasteiger charge is 2.19. The minimum absolute atomic E-state index is 0.343. The van der Waals surface area contributed by atoms with Gasteiger partial charge < -0.3 is 14.0 Å². The van der Waals surface area contributed by atoms with Crippen LogP contribution in [0.3, 0.4) is 0 Å². The third-order valence-corrected chi connectivity index (χ3v) is 6.34. The SMILES string of the molecule is CCCCOC(=O)c1cc2cc3c(cc2nc1-c1ccc(OC)cc1)c1ccccc1n3CC. The average Bonchev–Trinajstić information content (AvgIpc) is 3.19. The summed E-state index contributed by atoms with van der Waals surface area (Å²) in [7, 11) is 1.64. The summed E-state index contributed by atoms with van der Waals surface area (Å²) >= 11 is 0. The van der Waals surface area contributed by atoms with E-state index in [0.29, 0.717) is 17.9 Å². The Bertz CT molecular complexity index is 1500. The number of rotatable bonds is 7. The molecule has 0 fully saturated rings. The van der Waals surface area contributed by atoms with Crippen molar-refractivity contribution in [2.45, 2.75) is 33.2 Å². The Morgan fingerprint density at radius 2 is 1.74 bits per heavy atom. The lowest BCUT2D eigenvalue weighted by molar-refractivity contribution is 0.0500. The quantitative estimate of drug-likeness (QED) is 0.197. The molecular weight excluding hydrogens is 424 g/mol. The number of carbonyl (C=O) groups excluding carboxylic acids is 1. The number of fused-ring (bicyclic) bond motifs is 4. The maximum Gasteiger partial charge on any atom is 0.340 e. The summed E-state index contributed by atoms with van der Waals surface area (Å²) in [5, 5.41) is 3.29. The zero-order chi connectivity index (χ0) is 23.7. The highest BCUT2D eigenvalue weighted by atomic mass is 16.5. The normalized spacial score (nSPS) is 11.4. The molecule has 5 nitrogen and oxygen atoms in total. The molecule has 2 heterocycles. The summed E-state index contributed by atoms with van der Waals surface area (Å²) in [6.07, 6.45) is 1.80. The van der Waals surface area contributed by atoms with Gasteiger partial charge in [0.05, 0.1) is 30.5 Å².